The van der Waals surface area contributed by atoms with Gasteiger partial charge in [0.2, 0.25) is 0 Å². The summed E-state index contributed by atoms with van der Waals surface area (Å²) in [6, 6.07) is 19.6. The minimum absolute atomic E-state index is 0.0771. The Hall–Kier alpha value is -2.31. The Morgan fingerprint density at radius 3 is 2.31 bits per heavy atom. The predicted octanol–water partition coefficient (Wildman–Crippen LogP) is 6.46. The van der Waals surface area contributed by atoms with Crippen molar-refractivity contribution in [1.82, 2.24) is 0 Å². The molecule has 3 aromatic carbocycles. The third-order valence-electron chi connectivity index (χ3n) is 4.33. The van der Waals surface area contributed by atoms with E-state index in [1.54, 1.807) is 0 Å². The summed E-state index contributed by atoms with van der Waals surface area (Å²) < 4.78 is 7.30. The Morgan fingerprint density at radius 1 is 0.966 bits per heavy atom. The van der Waals surface area contributed by atoms with E-state index in [0.717, 1.165) is 25.9 Å². The molecule has 0 saturated carbocycles. The molecule has 0 aliphatic rings. The van der Waals surface area contributed by atoms with Crippen molar-refractivity contribution in [2.24, 2.45) is 0 Å². The largest absolute Gasteiger partial charge is 0.481 e. The Morgan fingerprint density at radius 2 is 1.66 bits per heavy atom. The number of halogens is 2. The minimum Gasteiger partial charge on any atom is -0.481 e. The van der Waals surface area contributed by atoms with Gasteiger partial charge in [-0.25, -0.2) is 0 Å². The topological polar surface area (TPSA) is 50.4 Å². The van der Waals surface area contributed by atoms with E-state index in [1.807, 2.05) is 42.5 Å². The van der Waals surface area contributed by atoms with Crippen LogP contribution in [-0.2, 0) is 11.3 Å². The van der Waals surface area contributed by atoms with Crippen LogP contribution in [0.25, 0.3) is 0 Å². The third kappa shape index (κ3) is 6.08. The maximum absolute atomic E-state index is 12.1. The van der Waals surface area contributed by atoms with Crippen molar-refractivity contribution in [2.45, 2.75) is 20.4 Å². The molecule has 3 rings (SSSR count). The van der Waals surface area contributed by atoms with E-state index in [1.165, 1.54) is 11.1 Å². The molecule has 0 atom stereocenters. The molecule has 2 N–H and O–H groups in total. The highest BCUT2D eigenvalue weighted by molar-refractivity contribution is 9.11. The zero-order valence-corrected chi connectivity index (χ0v) is 19.4. The van der Waals surface area contributed by atoms with E-state index in [9.17, 15) is 4.79 Å². The van der Waals surface area contributed by atoms with Crippen LogP contribution >= 0.6 is 31.9 Å². The van der Waals surface area contributed by atoms with Crippen LogP contribution in [0.2, 0.25) is 0 Å². The quantitative estimate of drug-likeness (QED) is 0.378. The highest BCUT2D eigenvalue weighted by Gasteiger charge is 2.12. The number of hydrogen-bond acceptors (Lipinski definition) is 3. The number of ether oxygens (including phenoxy) is 1. The Balaban J connectivity index is 1.60. The van der Waals surface area contributed by atoms with Gasteiger partial charge in [0.1, 0.15) is 5.75 Å². The Kier molecular flexibility index (Phi) is 7.34. The molecule has 1 amide bonds. The van der Waals surface area contributed by atoms with Crippen molar-refractivity contribution in [2.75, 3.05) is 17.2 Å². The molecule has 0 radical (unpaired) electrons. The Labute approximate surface area is 187 Å². The SMILES string of the molecule is Cc1ccc(NCc2cc(Br)c(OCC(=O)Nc3ccccc3)c(Br)c2)c(C)c1. The summed E-state index contributed by atoms with van der Waals surface area (Å²) in [7, 11) is 0. The number of rotatable bonds is 7. The van der Waals surface area contributed by atoms with Gasteiger partial charge in [0.05, 0.1) is 8.95 Å². The molecular formula is C23H22Br2N2O2. The van der Waals surface area contributed by atoms with Gasteiger partial charge in [0, 0.05) is 17.9 Å². The molecule has 0 aliphatic carbocycles. The van der Waals surface area contributed by atoms with Crippen molar-refractivity contribution in [1.29, 1.82) is 0 Å². The van der Waals surface area contributed by atoms with Crippen LogP contribution in [-0.4, -0.2) is 12.5 Å². The van der Waals surface area contributed by atoms with E-state index >= 15 is 0 Å². The molecule has 0 bridgehead atoms. The van der Waals surface area contributed by atoms with Gasteiger partial charge in [-0.05, 0) is 87.2 Å². The first-order valence-corrected chi connectivity index (χ1v) is 10.8. The lowest BCUT2D eigenvalue weighted by Crippen LogP contribution is -2.20. The molecule has 0 fully saturated rings. The van der Waals surface area contributed by atoms with E-state index in [4.69, 9.17) is 4.74 Å². The van der Waals surface area contributed by atoms with Crippen LogP contribution in [0.5, 0.6) is 5.75 Å². The average Bonchev–Trinajstić information content (AvgIpc) is 2.67. The summed E-state index contributed by atoms with van der Waals surface area (Å²) in [5.41, 5.74) is 5.40. The summed E-state index contributed by atoms with van der Waals surface area (Å²) >= 11 is 7.10. The maximum Gasteiger partial charge on any atom is 0.262 e. The van der Waals surface area contributed by atoms with Crippen molar-refractivity contribution in [3.05, 3.63) is 86.3 Å². The van der Waals surface area contributed by atoms with Crippen molar-refractivity contribution >= 4 is 49.1 Å². The number of amides is 1. The van der Waals surface area contributed by atoms with Gasteiger partial charge in [-0.15, -0.1) is 0 Å². The molecule has 0 aliphatic heterocycles. The van der Waals surface area contributed by atoms with Gasteiger partial charge in [0.15, 0.2) is 6.61 Å². The van der Waals surface area contributed by atoms with Crippen LogP contribution in [0.3, 0.4) is 0 Å². The molecule has 0 aromatic heterocycles. The Bertz CT molecular complexity index is 984. The van der Waals surface area contributed by atoms with E-state index < -0.39 is 0 Å². The summed E-state index contributed by atoms with van der Waals surface area (Å²) in [5, 5.41) is 6.27. The third-order valence-corrected chi connectivity index (χ3v) is 5.51. The second-order valence-corrected chi connectivity index (χ2v) is 8.47. The van der Waals surface area contributed by atoms with Crippen molar-refractivity contribution in [3.63, 3.8) is 0 Å². The summed E-state index contributed by atoms with van der Waals surface area (Å²) in [6.07, 6.45) is 0. The lowest BCUT2D eigenvalue weighted by Gasteiger charge is -2.14. The van der Waals surface area contributed by atoms with Crippen molar-refractivity contribution < 1.29 is 9.53 Å². The van der Waals surface area contributed by atoms with E-state index in [-0.39, 0.29) is 12.5 Å². The fraction of sp³-hybridized carbons (Fsp3) is 0.174. The molecule has 150 valence electrons. The minimum atomic E-state index is -0.212. The predicted molar refractivity (Wildman–Crippen MR) is 126 cm³/mol. The van der Waals surface area contributed by atoms with Crippen LogP contribution in [0.15, 0.2) is 69.6 Å². The van der Waals surface area contributed by atoms with Crippen LogP contribution in [0, 0.1) is 13.8 Å². The second kappa shape index (κ2) is 9.94. The zero-order valence-electron chi connectivity index (χ0n) is 16.3. The number of aryl methyl sites for hydroxylation is 2. The first-order chi connectivity index (χ1) is 13.9. The van der Waals surface area contributed by atoms with Gasteiger partial charge in [0.25, 0.3) is 5.91 Å². The maximum atomic E-state index is 12.1. The lowest BCUT2D eigenvalue weighted by atomic mass is 10.1. The number of carbonyl (C=O) groups excluding carboxylic acids is 1. The first-order valence-electron chi connectivity index (χ1n) is 9.19. The van der Waals surface area contributed by atoms with Gasteiger partial charge in [-0.2, -0.15) is 0 Å². The van der Waals surface area contributed by atoms with Crippen molar-refractivity contribution in [3.8, 4) is 5.75 Å². The fourth-order valence-corrected chi connectivity index (χ4v) is 4.43. The average molecular weight is 518 g/mol. The van der Waals surface area contributed by atoms with Crippen LogP contribution in [0.4, 0.5) is 11.4 Å². The van der Waals surface area contributed by atoms with Gasteiger partial charge >= 0.3 is 0 Å². The monoisotopic (exact) mass is 516 g/mol. The number of benzene rings is 3. The summed E-state index contributed by atoms with van der Waals surface area (Å²) in [5.74, 6) is 0.388. The van der Waals surface area contributed by atoms with Gasteiger partial charge < -0.3 is 15.4 Å². The van der Waals surface area contributed by atoms with Crippen LogP contribution in [0.1, 0.15) is 16.7 Å². The number of hydrogen-bond donors (Lipinski definition) is 2. The fourth-order valence-electron chi connectivity index (χ4n) is 2.92. The van der Waals surface area contributed by atoms with E-state index in [0.29, 0.717) is 12.3 Å². The normalized spacial score (nSPS) is 10.5. The zero-order chi connectivity index (χ0) is 20.8. The molecule has 0 saturated heterocycles. The van der Waals surface area contributed by atoms with Gasteiger partial charge in [-0.1, -0.05) is 35.9 Å². The van der Waals surface area contributed by atoms with E-state index in [2.05, 4.69) is 74.5 Å². The summed E-state index contributed by atoms with van der Waals surface area (Å²) in [6.45, 7) is 4.78. The first kappa shape index (κ1) is 21.4. The smallest absolute Gasteiger partial charge is 0.262 e. The molecule has 0 unspecified atom stereocenters. The number of carbonyl (C=O) groups is 1. The molecule has 0 heterocycles. The molecule has 6 heteroatoms. The lowest BCUT2D eigenvalue weighted by molar-refractivity contribution is -0.118. The molecule has 4 nitrogen and oxygen atoms in total. The molecular weight excluding hydrogens is 496 g/mol. The highest BCUT2D eigenvalue weighted by atomic mass is 79.9. The number of anilines is 2. The highest BCUT2D eigenvalue weighted by Crippen LogP contribution is 2.35. The molecule has 29 heavy (non-hydrogen) atoms. The number of para-hydroxylation sites is 1. The summed E-state index contributed by atoms with van der Waals surface area (Å²) in [4.78, 5) is 12.1. The number of nitrogens with one attached hydrogen (secondary N) is 2. The molecule has 3 aromatic rings. The molecule has 0 spiro atoms. The van der Waals surface area contributed by atoms with Crippen LogP contribution < -0.4 is 15.4 Å². The van der Waals surface area contributed by atoms with Gasteiger partial charge in [-0.3, -0.25) is 4.79 Å². The standard InChI is InChI=1S/C23H22Br2N2O2/c1-15-8-9-21(16(2)10-15)26-13-17-11-19(24)23(20(25)12-17)29-14-22(28)27-18-6-4-3-5-7-18/h3-12,26H,13-14H2,1-2H3,(H,27,28). The second-order valence-electron chi connectivity index (χ2n) is 6.76.